The van der Waals surface area contributed by atoms with Crippen molar-refractivity contribution in [2.24, 2.45) is 23.7 Å². The van der Waals surface area contributed by atoms with Crippen LogP contribution in [0.2, 0.25) is 0 Å². The molecule has 2 heterocycles. The van der Waals surface area contributed by atoms with Crippen molar-refractivity contribution in [1.82, 2.24) is 24.6 Å². The molecule has 8 atom stereocenters. The van der Waals surface area contributed by atoms with Gasteiger partial charge >= 0.3 is 23.9 Å². The van der Waals surface area contributed by atoms with E-state index >= 15 is 0 Å². The van der Waals surface area contributed by atoms with E-state index in [0.29, 0.717) is 22.6 Å². The fraction of sp³-hybridized carbons (Fsp3) is 0.569. The van der Waals surface area contributed by atoms with E-state index in [0.717, 1.165) is 19.6 Å². The van der Waals surface area contributed by atoms with E-state index in [2.05, 4.69) is 4.98 Å². The maximum absolute atomic E-state index is 14.9. The summed E-state index contributed by atoms with van der Waals surface area (Å²) in [5, 5.41) is 0. The Balaban J connectivity index is 1.84. The van der Waals surface area contributed by atoms with Crippen LogP contribution in [0.4, 0.5) is 0 Å². The average molecular weight is 1060 g/mol. The Morgan fingerprint density at radius 3 is 1.14 bits per heavy atom. The molecule has 18 heteroatoms. The third-order valence-electron chi connectivity index (χ3n) is 13.2. The van der Waals surface area contributed by atoms with Gasteiger partial charge in [-0.05, 0) is 98.6 Å². The fourth-order valence-corrected chi connectivity index (χ4v) is 8.89. The molecule has 3 aromatic rings. The molecule has 0 bridgehead atoms. The predicted octanol–water partition coefficient (Wildman–Crippen LogP) is 6.64. The van der Waals surface area contributed by atoms with E-state index in [1.165, 1.54) is 42.0 Å². The van der Waals surface area contributed by atoms with Gasteiger partial charge in [0.1, 0.15) is 36.5 Å². The number of cyclic esters (lactones) is 4. The van der Waals surface area contributed by atoms with Gasteiger partial charge in [0.15, 0.2) is 24.4 Å². The quantitative estimate of drug-likeness (QED) is 0.116. The number of esters is 4. The number of benzene rings is 2. The molecule has 18 nitrogen and oxygen atoms in total. The number of amides is 4. The second-order valence-corrected chi connectivity index (χ2v) is 21.5. The lowest BCUT2D eigenvalue weighted by atomic mass is 10.00. The minimum absolute atomic E-state index is 0.0796. The SMILES string of the molecule is CC(C)C[C@H]1C(=O)O[C@H](Cc2ccc(OCc3ccccn3)cc2)C(=O)N(C)[C@@H](CC(C)C)C(=O)O[C@H](C)C(=O)N(C)[C@@H](CC(C)C)C(=O)O[C@H](Cc2ccccc2)C(=O)N(C)[C@@H](CC(C)C)C(=O)O[C@H](C)C(=O)N1C. The van der Waals surface area contributed by atoms with Crippen LogP contribution < -0.4 is 4.74 Å². The van der Waals surface area contributed by atoms with Crippen molar-refractivity contribution in [3.8, 4) is 5.75 Å². The third kappa shape index (κ3) is 17.9. The summed E-state index contributed by atoms with van der Waals surface area (Å²) in [7, 11) is 5.54. The molecular weight excluding hydrogens is 975 g/mol. The number of ether oxygens (including phenoxy) is 5. The van der Waals surface area contributed by atoms with Crippen LogP contribution >= 0.6 is 0 Å². The van der Waals surface area contributed by atoms with Crippen LogP contribution in [0, 0.1) is 23.7 Å². The first-order chi connectivity index (χ1) is 35.8. The molecule has 76 heavy (non-hydrogen) atoms. The maximum Gasteiger partial charge on any atom is 0.329 e. The summed E-state index contributed by atoms with van der Waals surface area (Å²) in [6.45, 7) is 17.7. The zero-order valence-corrected chi connectivity index (χ0v) is 46.9. The van der Waals surface area contributed by atoms with Crippen molar-refractivity contribution >= 4 is 47.5 Å². The summed E-state index contributed by atoms with van der Waals surface area (Å²) in [6.07, 6.45) is -4.23. The molecule has 4 rings (SSSR count). The van der Waals surface area contributed by atoms with Gasteiger partial charge in [-0.15, -0.1) is 0 Å². The highest BCUT2D eigenvalue weighted by molar-refractivity contribution is 5.94. The van der Waals surface area contributed by atoms with E-state index in [9.17, 15) is 38.4 Å². The molecule has 0 unspecified atom stereocenters. The second kappa shape index (κ2) is 28.9. The van der Waals surface area contributed by atoms with Crippen LogP contribution in [-0.2, 0) is 76.8 Å². The van der Waals surface area contributed by atoms with Gasteiger partial charge in [0.2, 0.25) is 0 Å². The van der Waals surface area contributed by atoms with Gasteiger partial charge in [-0.3, -0.25) is 24.2 Å². The van der Waals surface area contributed by atoms with E-state index < -0.39 is 96.1 Å². The first kappa shape index (κ1) is 61.7. The van der Waals surface area contributed by atoms with Crippen molar-refractivity contribution in [1.29, 1.82) is 0 Å². The van der Waals surface area contributed by atoms with Gasteiger partial charge in [-0.2, -0.15) is 0 Å². The molecular formula is C58H81N5O13. The molecule has 1 aliphatic heterocycles. The number of aromatic nitrogens is 1. The lowest BCUT2D eigenvalue weighted by Crippen LogP contribution is -2.55. The number of nitrogens with zero attached hydrogens (tertiary/aromatic N) is 5. The number of rotatable bonds is 15. The molecule has 4 amide bonds. The fourth-order valence-electron chi connectivity index (χ4n) is 8.89. The highest BCUT2D eigenvalue weighted by atomic mass is 16.6. The summed E-state index contributed by atoms with van der Waals surface area (Å²) in [6, 6.07) is 16.1. The molecule has 1 fully saturated rings. The molecule has 0 spiro atoms. The van der Waals surface area contributed by atoms with E-state index in [1.807, 2.05) is 67.5 Å². The molecule has 1 aromatic heterocycles. The topological polar surface area (TPSA) is 209 Å². The van der Waals surface area contributed by atoms with Crippen LogP contribution in [-0.4, -0.2) is 149 Å². The van der Waals surface area contributed by atoms with E-state index in [4.69, 9.17) is 23.7 Å². The number of carbonyl (C=O) groups excluding carboxylic acids is 8. The van der Waals surface area contributed by atoms with Crippen molar-refractivity contribution < 1.29 is 62.0 Å². The Hall–Kier alpha value is -6.85. The lowest BCUT2D eigenvalue weighted by molar-refractivity contribution is -0.176. The van der Waals surface area contributed by atoms with Gasteiger partial charge in [0.25, 0.3) is 23.6 Å². The third-order valence-corrected chi connectivity index (χ3v) is 13.2. The number of likely N-dealkylation sites (N-methyl/N-ethyl adjacent to an activating group) is 4. The average Bonchev–Trinajstić information content (AvgIpc) is 3.37. The molecule has 2 aromatic carbocycles. The minimum atomic E-state index is -1.55. The maximum atomic E-state index is 14.9. The number of pyridine rings is 1. The summed E-state index contributed by atoms with van der Waals surface area (Å²) >= 11 is 0. The number of hydrogen-bond donors (Lipinski definition) is 0. The van der Waals surface area contributed by atoms with Gasteiger partial charge in [-0.25, -0.2) is 19.2 Å². The first-order valence-electron chi connectivity index (χ1n) is 26.3. The normalized spacial score (nSPS) is 23.7. The van der Waals surface area contributed by atoms with Crippen LogP contribution in [0.5, 0.6) is 5.75 Å². The Bertz CT molecular complexity index is 2400. The van der Waals surface area contributed by atoms with Crippen LogP contribution in [0.1, 0.15) is 112 Å². The van der Waals surface area contributed by atoms with Gasteiger partial charge in [0.05, 0.1) is 5.69 Å². The van der Waals surface area contributed by atoms with Crippen LogP contribution in [0.25, 0.3) is 0 Å². The Kier molecular flexibility index (Phi) is 23.4. The van der Waals surface area contributed by atoms with Gasteiger partial charge < -0.3 is 43.3 Å². The van der Waals surface area contributed by atoms with E-state index in [-0.39, 0.29) is 68.8 Å². The zero-order chi connectivity index (χ0) is 56.6. The van der Waals surface area contributed by atoms with Crippen molar-refractivity contribution in [3.63, 3.8) is 0 Å². The molecule has 0 radical (unpaired) electrons. The number of carbonyl (C=O) groups is 8. The Labute approximate surface area is 449 Å². The van der Waals surface area contributed by atoms with Crippen molar-refractivity contribution in [2.45, 2.75) is 163 Å². The molecule has 0 N–H and O–H groups in total. The monoisotopic (exact) mass is 1060 g/mol. The molecule has 0 saturated carbocycles. The highest BCUT2D eigenvalue weighted by Crippen LogP contribution is 2.25. The second-order valence-electron chi connectivity index (χ2n) is 21.5. The summed E-state index contributed by atoms with van der Waals surface area (Å²) in [5.74, 6) is -6.88. The predicted molar refractivity (Wildman–Crippen MR) is 284 cm³/mol. The molecule has 1 aliphatic rings. The zero-order valence-electron chi connectivity index (χ0n) is 46.9. The summed E-state index contributed by atoms with van der Waals surface area (Å²) in [5.41, 5.74) is 1.92. The Morgan fingerprint density at radius 2 is 0.789 bits per heavy atom. The van der Waals surface area contributed by atoms with Crippen LogP contribution in [0.3, 0.4) is 0 Å². The Morgan fingerprint density at radius 1 is 0.447 bits per heavy atom. The molecule has 1 saturated heterocycles. The van der Waals surface area contributed by atoms with E-state index in [1.54, 1.807) is 66.9 Å². The highest BCUT2D eigenvalue weighted by Gasteiger charge is 2.43. The molecule has 0 aliphatic carbocycles. The standard InChI is InChI=1S/C58H81N5O13/c1-35(2)28-45-55(68)73-40(10)52(65)61(12)48(31-38(7)8)58(71)76-50(33-42-23-25-44(26-24-42)72-34-43-22-18-19-27-59-43)54(67)63(14)46(29-36(3)4)56(69)74-39(9)51(64)60(11)47(30-37(5)6)57(70)75-49(53(66)62(45)13)32-41-20-16-15-17-21-41/h15-27,35-40,45-50H,28-34H2,1-14H3/t39-,40-,45+,46+,47+,48+,49-,50-/m1/s1. The summed E-state index contributed by atoms with van der Waals surface area (Å²) < 4.78 is 29.9. The minimum Gasteiger partial charge on any atom is -0.487 e. The summed E-state index contributed by atoms with van der Waals surface area (Å²) in [4.78, 5) is 125. The first-order valence-corrected chi connectivity index (χ1v) is 26.3. The smallest absolute Gasteiger partial charge is 0.329 e. The van der Waals surface area contributed by atoms with Crippen molar-refractivity contribution in [2.75, 3.05) is 28.2 Å². The molecule has 416 valence electrons. The lowest BCUT2D eigenvalue weighted by Gasteiger charge is -2.35. The van der Waals surface area contributed by atoms with Crippen molar-refractivity contribution in [3.05, 3.63) is 95.8 Å². The largest absolute Gasteiger partial charge is 0.487 e. The van der Waals surface area contributed by atoms with Gasteiger partial charge in [-0.1, -0.05) is 104 Å². The van der Waals surface area contributed by atoms with Gasteiger partial charge in [0, 0.05) is 47.2 Å². The van der Waals surface area contributed by atoms with Crippen LogP contribution in [0.15, 0.2) is 79.0 Å². The number of hydrogen-bond acceptors (Lipinski definition) is 14.